The molecule has 1 atom stereocenters. The fourth-order valence-electron chi connectivity index (χ4n) is 4.52. The van der Waals surface area contributed by atoms with Crippen molar-refractivity contribution in [2.75, 3.05) is 20.3 Å². The number of amidine groups is 1. The van der Waals surface area contributed by atoms with Gasteiger partial charge in [0, 0.05) is 12.7 Å². The summed E-state index contributed by atoms with van der Waals surface area (Å²) >= 11 is 0. The van der Waals surface area contributed by atoms with Gasteiger partial charge in [0.15, 0.2) is 5.84 Å². The molecule has 10 heteroatoms. The molecule has 36 heavy (non-hydrogen) atoms. The van der Waals surface area contributed by atoms with Crippen LogP contribution in [0.5, 0.6) is 5.75 Å². The van der Waals surface area contributed by atoms with Gasteiger partial charge in [-0.25, -0.2) is 14.2 Å². The van der Waals surface area contributed by atoms with Gasteiger partial charge in [0.25, 0.3) is 0 Å². The van der Waals surface area contributed by atoms with E-state index in [4.69, 9.17) is 14.3 Å². The maximum atomic E-state index is 13.6. The second-order valence-corrected chi connectivity index (χ2v) is 8.51. The molecule has 0 aliphatic carbocycles. The maximum Gasteiger partial charge on any atom is 0.382 e. The van der Waals surface area contributed by atoms with Crippen LogP contribution in [0.4, 0.5) is 4.39 Å². The number of benzene rings is 1. The smallest absolute Gasteiger partial charge is 0.382 e. The minimum absolute atomic E-state index is 0.152. The first-order valence-corrected chi connectivity index (χ1v) is 11.7. The lowest BCUT2D eigenvalue weighted by Gasteiger charge is -2.37. The third kappa shape index (κ3) is 3.98. The highest BCUT2D eigenvalue weighted by molar-refractivity contribution is 6.06. The van der Waals surface area contributed by atoms with E-state index in [-0.39, 0.29) is 12.3 Å². The zero-order chi connectivity index (χ0) is 25.3. The summed E-state index contributed by atoms with van der Waals surface area (Å²) in [4.78, 5) is 29.2. The van der Waals surface area contributed by atoms with E-state index in [1.54, 1.807) is 25.3 Å². The van der Waals surface area contributed by atoms with Crippen LogP contribution in [0, 0.1) is 12.7 Å². The minimum Gasteiger partial charge on any atom is -0.495 e. The van der Waals surface area contributed by atoms with E-state index in [0.29, 0.717) is 18.1 Å². The number of piperidine rings is 1. The predicted octanol–water partition coefficient (Wildman–Crippen LogP) is 3.96. The van der Waals surface area contributed by atoms with Crippen molar-refractivity contribution in [3.8, 4) is 11.4 Å². The average molecular weight is 492 g/mol. The number of nitrogens with zero attached hydrogens (tertiary/aromatic N) is 5. The third-order valence-electron chi connectivity index (χ3n) is 6.18. The molecule has 0 radical (unpaired) electrons. The summed E-state index contributed by atoms with van der Waals surface area (Å²) < 4.78 is 26.5. The number of carbonyl (C=O) groups is 1. The lowest BCUT2D eigenvalue weighted by atomic mass is 9.96. The van der Waals surface area contributed by atoms with E-state index in [0.717, 1.165) is 41.6 Å². The number of aromatic nitrogens is 3. The highest BCUT2D eigenvalue weighted by Crippen LogP contribution is 2.41. The van der Waals surface area contributed by atoms with E-state index >= 15 is 0 Å². The second-order valence-electron chi connectivity index (χ2n) is 8.51. The van der Waals surface area contributed by atoms with Crippen molar-refractivity contribution >= 4 is 17.9 Å². The van der Waals surface area contributed by atoms with Gasteiger partial charge in [-0.3, -0.25) is 9.88 Å². The Balaban J connectivity index is 1.50. The molecule has 0 amide bonds. The summed E-state index contributed by atoms with van der Waals surface area (Å²) in [7, 11) is 1.63. The lowest BCUT2D eigenvalue weighted by molar-refractivity contribution is -0.190. The first-order valence-electron chi connectivity index (χ1n) is 11.7. The molecule has 0 N–H and O–H groups in total. The average Bonchev–Trinajstić information content (AvgIpc) is 3.50. The van der Waals surface area contributed by atoms with Crippen LogP contribution in [0.3, 0.4) is 0 Å². The Kier molecular flexibility index (Phi) is 6.17. The van der Waals surface area contributed by atoms with Crippen LogP contribution in [0.15, 0.2) is 59.8 Å². The van der Waals surface area contributed by atoms with Gasteiger partial charge in [0.2, 0.25) is 0 Å². The van der Waals surface area contributed by atoms with Crippen molar-refractivity contribution in [1.82, 2.24) is 19.4 Å². The van der Waals surface area contributed by atoms with E-state index in [2.05, 4.69) is 15.1 Å². The minimum atomic E-state index is -1.71. The molecule has 2 aliphatic heterocycles. The predicted molar refractivity (Wildman–Crippen MR) is 130 cm³/mol. The second kappa shape index (κ2) is 9.44. The van der Waals surface area contributed by atoms with Crippen LogP contribution in [0.2, 0.25) is 0 Å². The number of oxime groups is 1. The van der Waals surface area contributed by atoms with Crippen LogP contribution in [0.25, 0.3) is 11.8 Å². The Bertz CT molecular complexity index is 1350. The number of fused-ring (bicyclic) bond motifs is 1. The molecule has 1 fully saturated rings. The molecule has 0 spiro atoms. The zero-order valence-corrected chi connectivity index (χ0v) is 20.3. The van der Waals surface area contributed by atoms with Crippen LogP contribution in [-0.2, 0) is 20.1 Å². The van der Waals surface area contributed by atoms with Crippen LogP contribution < -0.4 is 4.74 Å². The van der Waals surface area contributed by atoms with Gasteiger partial charge in [-0.05, 0) is 68.2 Å². The molecular formula is C26H26FN5O4. The molecule has 2 aliphatic rings. The van der Waals surface area contributed by atoms with Crippen molar-refractivity contribution in [1.29, 1.82) is 0 Å². The van der Waals surface area contributed by atoms with Crippen molar-refractivity contribution < 1.29 is 23.5 Å². The number of methoxy groups -OCH3 is 1. The molecule has 0 bridgehead atoms. The monoisotopic (exact) mass is 491 g/mol. The molecule has 3 aromatic rings. The molecule has 2 aromatic heterocycles. The number of pyridine rings is 1. The number of ether oxygens (including phenoxy) is 2. The fraction of sp³-hybridized carbons (Fsp3) is 0.308. The van der Waals surface area contributed by atoms with Gasteiger partial charge in [0.1, 0.15) is 17.3 Å². The third-order valence-corrected chi connectivity index (χ3v) is 6.18. The number of imidazole rings is 1. The van der Waals surface area contributed by atoms with Crippen molar-refractivity contribution in [2.24, 2.45) is 5.16 Å². The number of hydrogen-bond acceptors (Lipinski definition) is 8. The molecule has 1 saturated heterocycles. The Hall–Kier alpha value is -4.21. The van der Waals surface area contributed by atoms with Gasteiger partial charge >= 0.3 is 11.7 Å². The highest BCUT2D eigenvalue weighted by atomic mass is 19.1. The van der Waals surface area contributed by atoms with Crippen molar-refractivity contribution in [2.45, 2.75) is 32.4 Å². The summed E-state index contributed by atoms with van der Waals surface area (Å²) in [6.45, 7) is 4.29. The number of carbonyl (C=O) groups excluding carboxylic acids is 1. The topological polar surface area (TPSA) is 91.1 Å². The Morgan fingerprint density at radius 2 is 2.14 bits per heavy atom. The molecule has 186 valence electrons. The zero-order valence-electron chi connectivity index (χ0n) is 20.3. The molecule has 9 nitrogen and oxygen atoms in total. The SMILES string of the molecule is CCOC(=O)C1(c2ccc(F)cn2)ON=C2/C(=C/c3ccc(-n4cnc(C)c4)c(OC)c3)CCCN21. The Morgan fingerprint density at radius 1 is 1.28 bits per heavy atom. The van der Waals surface area contributed by atoms with Gasteiger partial charge in [-0.15, -0.1) is 0 Å². The Labute approximate surface area is 207 Å². The van der Waals surface area contributed by atoms with E-state index < -0.39 is 17.5 Å². The first-order chi connectivity index (χ1) is 17.5. The van der Waals surface area contributed by atoms with E-state index in [9.17, 15) is 9.18 Å². The summed E-state index contributed by atoms with van der Waals surface area (Å²) in [5.41, 5.74) is 2.08. The maximum absolute atomic E-state index is 13.6. The number of rotatable bonds is 6. The van der Waals surface area contributed by atoms with Gasteiger partial charge in [-0.1, -0.05) is 11.2 Å². The van der Waals surface area contributed by atoms with E-state index in [1.807, 2.05) is 42.0 Å². The van der Waals surface area contributed by atoms with E-state index in [1.165, 1.54) is 12.1 Å². The standard InChI is InChI=1S/C26H26FN5O4/c1-4-35-25(33)26(23-10-8-20(27)14-28-23)32-11-5-6-19(24(32)30-36-26)12-18-7-9-21(22(13-18)34-3)31-15-17(2)29-16-31/h7-10,12-16H,4-6,11H2,1-3H3/b19-12+. The first kappa shape index (κ1) is 23.5. The van der Waals surface area contributed by atoms with Crippen molar-refractivity contribution in [3.63, 3.8) is 0 Å². The number of halogens is 1. The number of hydrogen-bond donors (Lipinski definition) is 0. The fourth-order valence-corrected chi connectivity index (χ4v) is 4.52. The molecule has 5 rings (SSSR count). The largest absolute Gasteiger partial charge is 0.495 e. The van der Waals surface area contributed by atoms with Crippen molar-refractivity contribution in [3.05, 3.63) is 77.4 Å². The summed E-state index contributed by atoms with van der Waals surface area (Å²) in [5.74, 6) is 0.0502. The van der Waals surface area contributed by atoms with Crippen LogP contribution in [0.1, 0.15) is 36.7 Å². The highest BCUT2D eigenvalue weighted by Gasteiger charge is 2.58. The quantitative estimate of drug-likeness (QED) is 0.482. The normalized spacial score (nSPS) is 20.1. The lowest BCUT2D eigenvalue weighted by Crippen LogP contribution is -2.55. The molecule has 4 heterocycles. The molecule has 1 unspecified atom stereocenters. The van der Waals surface area contributed by atoms with Crippen LogP contribution in [-0.4, -0.2) is 51.5 Å². The van der Waals surface area contributed by atoms with Gasteiger partial charge in [-0.2, -0.15) is 0 Å². The number of esters is 1. The molecule has 1 aromatic carbocycles. The molecular weight excluding hydrogens is 465 g/mol. The van der Waals surface area contributed by atoms with Gasteiger partial charge in [0.05, 0.1) is 37.6 Å². The summed E-state index contributed by atoms with van der Waals surface area (Å²) in [6, 6.07) is 8.54. The summed E-state index contributed by atoms with van der Waals surface area (Å²) in [5, 5.41) is 4.30. The van der Waals surface area contributed by atoms with Gasteiger partial charge < -0.3 is 18.9 Å². The Morgan fingerprint density at radius 3 is 2.83 bits per heavy atom. The number of aryl methyl sites for hydroxylation is 1. The molecule has 0 saturated carbocycles. The van der Waals surface area contributed by atoms with Crippen LogP contribution >= 0.6 is 0 Å². The summed E-state index contributed by atoms with van der Waals surface area (Å²) in [6.07, 6.45) is 8.21.